The summed E-state index contributed by atoms with van der Waals surface area (Å²) < 4.78 is 0. The van der Waals surface area contributed by atoms with Crippen molar-refractivity contribution in [3.8, 4) is 0 Å². The van der Waals surface area contributed by atoms with Gasteiger partial charge in [0.1, 0.15) is 0 Å². The molecule has 21 heavy (non-hydrogen) atoms. The van der Waals surface area contributed by atoms with Gasteiger partial charge in [-0.15, -0.1) is 0 Å². The van der Waals surface area contributed by atoms with Gasteiger partial charge in [0.15, 0.2) is 0 Å². The number of rotatable bonds is 3. The van der Waals surface area contributed by atoms with E-state index in [-0.39, 0.29) is 12.0 Å². The average molecular weight is 292 g/mol. The summed E-state index contributed by atoms with van der Waals surface area (Å²) >= 11 is 0. The molecule has 1 amide bonds. The van der Waals surface area contributed by atoms with E-state index in [1.54, 1.807) is 0 Å². The van der Waals surface area contributed by atoms with Crippen molar-refractivity contribution >= 4 is 5.91 Å². The van der Waals surface area contributed by atoms with Gasteiger partial charge < -0.3 is 10.6 Å². The minimum Gasteiger partial charge on any atom is -0.336 e. The second-order valence-electron chi connectivity index (χ2n) is 7.53. The molecule has 0 aromatic carbocycles. The Kier molecular flexibility index (Phi) is 5.20. The Bertz CT molecular complexity index is 327. The van der Waals surface area contributed by atoms with E-state index in [9.17, 15) is 4.79 Å². The third-order valence-corrected chi connectivity index (χ3v) is 6.08. The monoisotopic (exact) mass is 292 g/mol. The van der Waals surface area contributed by atoms with Crippen LogP contribution < -0.4 is 5.73 Å². The standard InChI is InChI=1S/C18H32N2O/c19-17-13-7-12-16(17)18(21)20(14-8-3-1-4-9-14)15-10-5-2-6-11-15/h14-17H,1-13,19H2. The fraction of sp³-hybridized carbons (Fsp3) is 0.944. The van der Waals surface area contributed by atoms with E-state index in [0.717, 1.165) is 19.3 Å². The largest absolute Gasteiger partial charge is 0.336 e. The van der Waals surface area contributed by atoms with Crippen molar-refractivity contribution in [3.63, 3.8) is 0 Å². The molecule has 0 spiro atoms. The van der Waals surface area contributed by atoms with Crippen LogP contribution in [0.4, 0.5) is 0 Å². The minimum absolute atomic E-state index is 0.118. The molecule has 2 N–H and O–H groups in total. The fourth-order valence-corrected chi connectivity index (χ4v) is 4.86. The van der Waals surface area contributed by atoms with Gasteiger partial charge in [0, 0.05) is 18.1 Å². The van der Waals surface area contributed by atoms with Gasteiger partial charge in [0.05, 0.1) is 5.92 Å². The maximum atomic E-state index is 13.2. The van der Waals surface area contributed by atoms with Crippen molar-refractivity contribution in [2.45, 2.75) is 102 Å². The van der Waals surface area contributed by atoms with E-state index in [0.29, 0.717) is 18.0 Å². The molecular weight excluding hydrogens is 260 g/mol. The molecule has 0 aliphatic heterocycles. The van der Waals surface area contributed by atoms with Crippen LogP contribution >= 0.6 is 0 Å². The summed E-state index contributed by atoms with van der Waals surface area (Å²) in [4.78, 5) is 15.6. The predicted octanol–water partition coefficient (Wildman–Crippen LogP) is 3.61. The first kappa shape index (κ1) is 15.3. The van der Waals surface area contributed by atoms with E-state index in [4.69, 9.17) is 5.73 Å². The topological polar surface area (TPSA) is 46.3 Å². The molecule has 3 nitrogen and oxygen atoms in total. The minimum atomic E-state index is 0.118. The summed E-state index contributed by atoms with van der Waals surface area (Å²) in [5.74, 6) is 0.535. The summed E-state index contributed by atoms with van der Waals surface area (Å²) in [6.07, 6.45) is 16.0. The average Bonchev–Trinajstić information content (AvgIpc) is 2.96. The molecule has 0 aromatic rings. The lowest BCUT2D eigenvalue weighted by atomic mass is 9.87. The highest BCUT2D eigenvalue weighted by molar-refractivity contribution is 5.80. The van der Waals surface area contributed by atoms with Gasteiger partial charge in [0.25, 0.3) is 0 Å². The quantitative estimate of drug-likeness (QED) is 0.863. The zero-order valence-corrected chi connectivity index (χ0v) is 13.4. The van der Waals surface area contributed by atoms with E-state index in [1.807, 2.05) is 0 Å². The molecule has 0 aromatic heterocycles. The predicted molar refractivity (Wildman–Crippen MR) is 85.9 cm³/mol. The summed E-state index contributed by atoms with van der Waals surface area (Å²) in [5.41, 5.74) is 6.23. The first-order chi connectivity index (χ1) is 10.3. The smallest absolute Gasteiger partial charge is 0.227 e. The second kappa shape index (κ2) is 7.13. The van der Waals surface area contributed by atoms with Gasteiger partial charge in [-0.1, -0.05) is 44.9 Å². The zero-order chi connectivity index (χ0) is 14.7. The van der Waals surface area contributed by atoms with Crippen molar-refractivity contribution in [2.75, 3.05) is 0 Å². The van der Waals surface area contributed by atoms with E-state index in [1.165, 1.54) is 64.2 Å². The molecule has 2 unspecified atom stereocenters. The van der Waals surface area contributed by atoms with Crippen LogP contribution in [0.2, 0.25) is 0 Å². The normalized spacial score (nSPS) is 32.2. The summed E-state index contributed by atoms with van der Waals surface area (Å²) in [6, 6.07) is 1.15. The van der Waals surface area contributed by atoms with Gasteiger partial charge in [-0.05, 0) is 38.5 Å². The maximum absolute atomic E-state index is 13.2. The Morgan fingerprint density at radius 2 is 1.24 bits per heavy atom. The molecule has 3 rings (SSSR count). The van der Waals surface area contributed by atoms with Crippen LogP contribution in [-0.2, 0) is 4.79 Å². The number of hydrogen-bond donors (Lipinski definition) is 1. The molecule has 0 radical (unpaired) electrons. The molecular formula is C18H32N2O. The molecule has 3 fully saturated rings. The van der Waals surface area contributed by atoms with Crippen LogP contribution in [0.25, 0.3) is 0 Å². The van der Waals surface area contributed by atoms with Gasteiger partial charge in [-0.3, -0.25) is 4.79 Å². The van der Waals surface area contributed by atoms with Crippen molar-refractivity contribution in [1.82, 2.24) is 4.90 Å². The van der Waals surface area contributed by atoms with Gasteiger partial charge in [-0.25, -0.2) is 0 Å². The Labute approximate surface area is 129 Å². The molecule has 0 saturated heterocycles. The number of carbonyl (C=O) groups excluding carboxylic acids is 1. The summed E-state index contributed by atoms with van der Waals surface area (Å²) in [5, 5.41) is 0. The highest BCUT2D eigenvalue weighted by Gasteiger charge is 2.39. The Hall–Kier alpha value is -0.570. The number of carbonyl (C=O) groups is 1. The zero-order valence-electron chi connectivity index (χ0n) is 13.4. The van der Waals surface area contributed by atoms with Crippen LogP contribution in [0.15, 0.2) is 0 Å². The third-order valence-electron chi connectivity index (χ3n) is 6.08. The number of amides is 1. The molecule has 3 saturated carbocycles. The molecule has 3 heteroatoms. The van der Waals surface area contributed by atoms with E-state index >= 15 is 0 Å². The highest BCUT2D eigenvalue weighted by atomic mass is 16.2. The first-order valence-electron chi connectivity index (χ1n) is 9.35. The van der Waals surface area contributed by atoms with Gasteiger partial charge >= 0.3 is 0 Å². The number of nitrogens with two attached hydrogens (primary N) is 1. The Balaban J connectivity index is 1.74. The van der Waals surface area contributed by atoms with Crippen LogP contribution in [0, 0.1) is 5.92 Å². The third kappa shape index (κ3) is 3.44. The fourth-order valence-electron chi connectivity index (χ4n) is 4.86. The van der Waals surface area contributed by atoms with Crippen molar-refractivity contribution < 1.29 is 4.79 Å². The molecule has 3 aliphatic carbocycles. The Morgan fingerprint density at radius 3 is 1.67 bits per heavy atom. The Morgan fingerprint density at radius 1 is 0.714 bits per heavy atom. The SMILES string of the molecule is NC1CCCC1C(=O)N(C1CCCCC1)C1CCCCC1. The molecule has 0 heterocycles. The lowest BCUT2D eigenvalue weighted by Gasteiger charge is -2.43. The van der Waals surface area contributed by atoms with Crippen LogP contribution in [0.3, 0.4) is 0 Å². The summed E-state index contributed by atoms with van der Waals surface area (Å²) in [7, 11) is 0. The molecule has 3 aliphatic rings. The van der Waals surface area contributed by atoms with Crippen LogP contribution in [0.1, 0.15) is 83.5 Å². The van der Waals surface area contributed by atoms with Gasteiger partial charge in [-0.2, -0.15) is 0 Å². The lowest BCUT2D eigenvalue weighted by molar-refractivity contribution is -0.142. The molecule has 120 valence electrons. The summed E-state index contributed by atoms with van der Waals surface area (Å²) in [6.45, 7) is 0. The van der Waals surface area contributed by atoms with Crippen LogP contribution in [0.5, 0.6) is 0 Å². The number of hydrogen-bond acceptors (Lipinski definition) is 2. The van der Waals surface area contributed by atoms with Crippen molar-refractivity contribution in [1.29, 1.82) is 0 Å². The molecule has 0 bridgehead atoms. The van der Waals surface area contributed by atoms with E-state index < -0.39 is 0 Å². The second-order valence-corrected chi connectivity index (χ2v) is 7.53. The van der Waals surface area contributed by atoms with Crippen molar-refractivity contribution in [3.05, 3.63) is 0 Å². The van der Waals surface area contributed by atoms with E-state index in [2.05, 4.69) is 4.90 Å². The lowest BCUT2D eigenvalue weighted by Crippen LogP contribution is -2.52. The van der Waals surface area contributed by atoms with Gasteiger partial charge in [0.2, 0.25) is 5.91 Å². The first-order valence-corrected chi connectivity index (χ1v) is 9.35. The highest BCUT2D eigenvalue weighted by Crippen LogP contribution is 2.34. The number of nitrogens with zero attached hydrogens (tertiary/aromatic N) is 1. The van der Waals surface area contributed by atoms with Crippen molar-refractivity contribution in [2.24, 2.45) is 11.7 Å². The van der Waals surface area contributed by atoms with Crippen LogP contribution in [-0.4, -0.2) is 28.9 Å². The molecule has 2 atom stereocenters. The maximum Gasteiger partial charge on any atom is 0.227 e.